The first-order chi connectivity index (χ1) is 13.8. The summed E-state index contributed by atoms with van der Waals surface area (Å²) in [6, 6.07) is 11.5. The van der Waals surface area contributed by atoms with Gasteiger partial charge in [0.1, 0.15) is 5.69 Å². The fraction of sp³-hybridized carbons (Fsp3) is 0.105. The largest absolute Gasteiger partial charge is 0.348 e. The number of aromatic nitrogens is 1. The number of benzene rings is 2. The summed E-state index contributed by atoms with van der Waals surface area (Å²) in [6.07, 6.45) is 0. The molecule has 0 saturated carbocycles. The fourth-order valence-electron chi connectivity index (χ4n) is 2.64. The van der Waals surface area contributed by atoms with Gasteiger partial charge >= 0.3 is 11.8 Å². The molecule has 0 atom stereocenters. The van der Waals surface area contributed by atoms with Gasteiger partial charge in [-0.1, -0.05) is 39.1 Å². The van der Waals surface area contributed by atoms with E-state index >= 15 is 0 Å². The molecule has 0 bridgehead atoms. The van der Waals surface area contributed by atoms with Gasteiger partial charge in [0.2, 0.25) is 0 Å². The van der Waals surface area contributed by atoms with E-state index in [1.165, 1.54) is 10.7 Å². The monoisotopic (exact) mass is 496 g/mol. The Hall–Kier alpha value is -2.55. The van der Waals surface area contributed by atoms with E-state index in [0.717, 1.165) is 4.47 Å². The predicted molar refractivity (Wildman–Crippen MR) is 117 cm³/mol. The van der Waals surface area contributed by atoms with E-state index < -0.39 is 17.7 Å². The highest BCUT2D eigenvalue weighted by molar-refractivity contribution is 9.10. The van der Waals surface area contributed by atoms with Gasteiger partial charge in [-0.25, -0.2) is 4.68 Å². The number of halogens is 3. The predicted octanol–water partition coefficient (Wildman–Crippen LogP) is 4.17. The summed E-state index contributed by atoms with van der Waals surface area (Å²) in [5.74, 6) is -2.23. The van der Waals surface area contributed by atoms with Gasteiger partial charge < -0.3 is 10.6 Å². The molecule has 150 valence electrons. The minimum absolute atomic E-state index is 0.113. The summed E-state index contributed by atoms with van der Waals surface area (Å²) >= 11 is 15.4. The molecule has 0 aliphatic heterocycles. The van der Waals surface area contributed by atoms with Gasteiger partial charge in [-0.15, -0.1) is 0 Å². The van der Waals surface area contributed by atoms with Crippen LogP contribution in [-0.2, 0) is 9.59 Å². The Morgan fingerprint density at radius 2 is 1.79 bits per heavy atom. The van der Waals surface area contributed by atoms with Crippen molar-refractivity contribution in [3.8, 4) is 0 Å². The average Bonchev–Trinajstić information content (AvgIpc) is 3.01. The normalized spacial score (nSPS) is 10.6. The molecule has 0 fully saturated rings. The van der Waals surface area contributed by atoms with E-state index in [2.05, 4.69) is 32.0 Å². The SMILES string of the molecule is CCNC(=O)C(=O)Nn1c(C(=O)Nc2ccc(Cl)cc2Cl)cc2cc(Br)ccc21. The van der Waals surface area contributed by atoms with Crippen LogP contribution in [0, 0.1) is 0 Å². The van der Waals surface area contributed by atoms with E-state index in [1.807, 2.05) is 0 Å². The number of hydrogen-bond acceptors (Lipinski definition) is 3. The Bertz CT molecular complexity index is 1130. The van der Waals surface area contributed by atoms with Crippen molar-refractivity contribution < 1.29 is 14.4 Å². The zero-order valence-electron chi connectivity index (χ0n) is 15.1. The van der Waals surface area contributed by atoms with Crippen LogP contribution in [-0.4, -0.2) is 28.9 Å². The Morgan fingerprint density at radius 3 is 2.48 bits per heavy atom. The van der Waals surface area contributed by atoms with Gasteiger partial charge in [0, 0.05) is 21.4 Å². The van der Waals surface area contributed by atoms with Crippen molar-refractivity contribution in [2.45, 2.75) is 6.92 Å². The summed E-state index contributed by atoms with van der Waals surface area (Å²) in [5, 5.41) is 6.48. The molecule has 3 amide bonds. The molecule has 0 radical (unpaired) electrons. The maximum absolute atomic E-state index is 12.9. The van der Waals surface area contributed by atoms with Gasteiger partial charge in [-0.3, -0.25) is 19.8 Å². The molecule has 0 aliphatic carbocycles. The number of carbonyl (C=O) groups excluding carboxylic acids is 3. The molecule has 3 aromatic rings. The molecule has 1 heterocycles. The lowest BCUT2D eigenvalue weighted by Gasteiger charge is -2.13. The standard InChI is InChI=1S/C19H15BrCl2N4O3/c1-2-23-18(28)19(29)25-26-15-6-3-11(20)7-10(15)8-16(26)17(27)24-14-5-4-12(21)9-13(14)22/h3-9H,2H2,1H3,(H,23,28)(H,24,27)(H,25,29). The van der Waals surface area contributed by atoms with Crippen molar-refractivity contribution in [3.63, 3.8) is 0 Å². The average molecular weight is 498 g/mol. The first kappa shape index (κ1) is 21.2. The van der Waals surface area contributed by atoms with Crippen LogP contribution in [0.1, 0.15) is 17.4 Å². The number of hydrogen-bond donors (Lipinski definition) is 3. The van der Waals surface area contributed by atoms with Gasteiger partial charge in [-0.05, 0) is 49.4 Å². The molecule has 3 N–H and O–H groups in total. The highest BCUT2D eigenvalue weighted by Crippen LogP contribution is 2.27. The summed E-state index contributed by atoms with van der Waals surface area (Å²) in [5.41, 5.74) is 3.47. The first-order valence-corrected chi connectivity index (χ1v) is 10.0. The van der Waals surface area contributed by atoms with E-state index in [0.29, 0.717) is 28.2 Å². The Balaban J connectivity index is 2.00. The lowest BCUT2D eigenvalue weighted by atomic mass is 10.2. The quantitative estimate of drug-likeness (QED) is 0.472. The molecule has 0 aliphatic rings. The van der Waals surface area contributed by atoms with Crippen LogP contribution in [0.2, 0.25) is 10.0 Å². The molecule has 7 nitrogen and oxygen atoms in total. The number of anilines is 1. The number of nitrogens with zero attached hydrogens (tertiary/aromatic N) is 1. The summed E-state index contributed by atoms with van der Waals surface area (Å²) in [7, 11) is 0. The fourth-order valence-corrected chi connectivity index (χ4v) is 3.48. The van der Waals surface area contributed by atoms with Gasteiger partial charge in [0.05, 0.1) is 16.2 Å². The van der Waals surface area contributed by atoms with Crippen LogP contribution in [0.4, 0.5) is 5.69 Å². The zero-order chi connectivity index (χ0) is 21.1. The third-order valence-electron chi connectivity index (χ3n) is 3.93. The van der Waals surface area contributed by atoms with Crippen LogP contribution < -0.4 is 16.1 Å². The lowest BCUT2D eigenvalue weighted by molar-refractivity contribution is -0.136. The minimum Gasteiger partial charge on any atom is -0.348 e. The summed E-state index contributed by atoms with van der Waals surface area (Å²) < 4.78 is 2.06. The van der Waals surface area contributed by atoms with E-state index in [1.54, 1.807) is 43.3 Å². The highest BCUT2D eigenvalue weighted by atomic mass is 79.9. The van der Waals surface area contributed by atoms with Gasteiger partial charge in [0.25, 0.3) is 5.91 Å². The van der Waals surface area contributed by atoms with Crippen molar-refractivity contribution in [3.05, 3.63) is 62.7 Å². The van der Waals surface area contributed by atoms with Crippen molar-refractivity contribution >= 4 is 73.4 Å². The first-order valence-electron chi connectivity index (χ1n) is 8.46. The molecular weight excluding hydrogens is 483 g/mol. The smallest absolute Gasteiger partial charge is 0.328 e. The maximum atomic E-state index is 12.9. The number of carbonyl (C=O) groups is 3. The summed E-state index contributed by atoms with van der Waals surface area (Å²) in [6.45, 7) is 2.00. The van der Waals surface area contributed by atoms with E-state index in [-0.39, 0.29) is 10.7 Å². The maximum Gasteiger partial charge on any atom is 0.328 e. The van der Waals surface area contributed by atoms with Crippen molar-refractivity contribution in [1.82, 2.24) is 9.99 Å². The second-order valence-corrected chi connectivity index (χ2v) is 7.71. The molecule has 1 aromatic heterocycles. The number of likely N-dealkylation sites (N-methyl/N-ethyl adjacent to an activating group) is 1. The van der Waals surface area contributed by atoms with Gasteiger partial charge in [-0.2, -0.15) is 0 Å². The summed E-state index contributed by atoms with van der Waals surface area (Å²) in [4.78, 5) is 37.0. The third-order valence-corrected chi connectivity index (χ3v) is 4.97. The van der Waals surface area contributed by atoms with Crippen LogP contribution >= 0.6 is 39.1 Å². The molecular formula is C19H15BrCl2N4O3. The number of amides is 3. The van der Waals surface area contributed by atoms with Crippen LogP contribution in [0.15, 0.2) is 46.9 Å². The second-order valence-electron chi connectivity index (χ2n) is 5.95. The van der Waals surface area contributed by atoms with Gasteiger partial charge in [0.15, 0.2) is 0 Å². The Morgan fingerprint density at radius 1 is 1.03 bits per heavy atom. The third kappa shape index (κ3) is 4.72. The molecule has 29 heavy (non-hydrogen) atoms. The Kier molecular flexibility index (Phi) is 6.46. The van der Waals surface area contributed by atoms with Crippen LogP contribution in [0.3, 0.4) is 0 Å². The van der Waals surface area contributed by atoms with E-state index in [9.17, 15) is 14.4 Å². The zero-order valence-corrected chi connectivity index (χ0v) is 18.2. The number of fused-ring (bicyclic) bond motifs is 1. The van der Waals surface area contributed by atoms with Crippen molar-refractivity contribution in [1.29, 1.82) is 0 Å². The topological polar surface area (TPSA) is 92.2 Å². The van der Waals surface area contributed by atoms with Crippen LogP contribution in [0.5, 0.6) is 0 Å². The lowest BCUT2D eigenvalue weighted by Crippen LogP contribution is -2.39. The highest BCUT2D eigenvalue weighted by Gasteiger charge is 2.21. The van der Waals surface area contributed by atoms with E-state index in [4.69, 9.17) is 23.2 Å². The number of nitrogens with one attached hydrogen (secondary N) is 3. The van der Waals surface area contributed by atoms with Crippen molar-refractivity contribution in [2.75, 3.05) is 17.3 Å². The molecule has 2 aromatic carbocycles. The molecule has 0 unspecified atom stereocenters. The molecule has 3 rings (SSSR count). The number of rotatable bonds is 4. The molecule has 0 saturated heterocycles. The molecule has 10 heteroatoms. The second kappa shape index (κ2) is 8.86. The molecule has 0 spiro atoms. The van der Waals surface area contributed by atoms with Crippen LogP contribution in [0.25, 0.3) is 10.9 Å². The van der Waals surface area contributed by atoms with Crippen molar-refractivity contribution in [2.24, 2.45) is 0 Å². The minimum atomic E-state index is -0.897. The Labute approximate surface area is 184 Å².